The van der Waals surface area contributed by atoms with Gasteiger partial charge in [0.1, 0.15) is 0 Å². The molecule has 0 unspecified atom stereocenters. The SMILES string of the molecule is COc1ccc(CC(=O)NNC(=O)c2ccc(OC(C)C)c(OC)c2)cc1F. The van der Waals surface area contributed by atoms with Crippen LogP contribution in [-0.4, -0.2) is 32.1 Å². The number of rotatable bonds is 7. The van der Waals surface area contributed by atoms with E-state index < -0.39 is 17.6 Å². The van der Waals surface area contributed by atoms with E-state index in [4.69, 9.17) is 14.2 Å². The smallest absolute Gasteiger partial charge is 0.269 e. The summed E-state index contributed by atoms with van der Waals surface area (Å²) in [7, 11) is 2.83. The lowest BCUT2D eigenvalue weighted by molar-refractivity contribution is -0.121. The minimum atomic E-state index is -0.562. The van der Waals surface area contributed by atoms with Gasteiger partial charge in [-0.1, -0.05) is 6.07 Å². The fourth-order valence-corrected chi connectivity index (χ4v) is 2.41. The molecule has 2 aromatic carbocycles. The first-order valence-corrected chi connectivity index (χ1v) is 8.60. The number of carbonyl (C=O) groups is 2. The van der Waals surface area contributed by atoms with Gasteiger partial charge in [-0.25, -0.2) is 4.39 Å². The Morgan fingerprint density at radius 1 is 0.964 bits per heavy atom. The van der Waals surface area contributed by atoms with Gasteiger partial charge in [0.15, 0.2) is 23.1 Å². The van der Waals surface area contributed by atoms with E-state index in [1.165, 1.54) is 32.4 Å². The normalized spacial score (nSPS) is 10.4. The van der Waals surface area contributed by atoms with Crippen LogP contribution in [-0.2, 0) is 11.2 Å². The van der Waals surface area contributed by atoms with Crippen molar-refractivity contribution in [1.29, 1.82) is 0 Å². The van der Waals surface area contributed by atoms with E-state index >= 15 is 0 Å². The molecule has 2 amide bonds. The summed E-state index contributed by atoms with van der Waals surface area (Å²) in [6, 6.07) is 8.90. The Balaban J connectivity index is 1.95. The fourth-order valence-electron chi connectivity index (χ4n) is 2.41. The summed E-state index contributed by atoms with van der Waals surface area (Å²) in [6.45, 7) is 3.76. The van der Waals surface area contributed by atoms with Crippen LogP contribution in [0.4, 0.5) is 4.39 Å². The molecular formula is C20H23FN2O5. The zero-order valence-electron chi connectivity index (χ0n) is 16.2. The second-order valence-corrected chi connectivity index (χ2v) is 6.18. The number of carbonyl (C=O) groups excluding carboxylic acids is 2. The van der Waals surface area contributed by atoms with Crippen LogP contribution in [0.2, 0.25) is 0 Å². The first-order valence-electron chi connectivity index (χ1n) is 8.60. The average Bonchev–Trinajstić information content (AvgIpc) is 2.66. The van der Waals surface area contributed by atoms with Gasteiger partial charge in [-0.2, -0.15) is 0 Å². The van der Waals surface area contributed by atoms with E-state index in [9.17, 15) is 14.0 Å². The summed E-state index contributed by atoms with van der Waals surface area (Å²) < 4.78 is 29.3. The van der Waals surface area contributed by atoms with E-state index in [0.29, 0.717) is 17.1 Å². The van der Waals surface area contributed by atoms with Gasteiger partial charge in [0.05, 0.1) is 26.7 Å². The van der Waals surface area contributed by atoms with Crippen molar-refractivity contribution in [2.24, 2.45) is 0 Å². The zero-order valence-corrected chi connectivity index (χ0v) is 16.2. The number of methoxy groups -OCH3 is 2. The lowest BCUT2D eigenvalue weighted by Gasteiger charge is -2.14. The van der Waals surface area contributed by atoms with Crippen molar-refractivity contribution in [2.45, 2.75) is 26.4 Å². The van der Waals surface area contributed by atoms with Crippen LogP contribution in [0.15, 0.2) is 36.4 Å². The van der Waals surface area contributed by atoms with E-state index in [-0.39, 0.29) is 23.8 Å². The highest BCUT2D eigenvalue weighted by atomic mass is 19.1. The van der Waals surface area contributed by atoms with E-state index in [0.717, 1.165) is 0 Å². The van der Waals surface area contributed by atoms with Crippen molar-refractivity contribution in [3.8, 4) is 17.2 Å². The van der Waals surface area contributed by atoms with Gasteiger partial charge in [-0.3, -0.25) is 20.4 Å². The van der Waals surface area contributed by atoms with Gasteiger partial charge in [0.2, 0.25) is 5.91 Å². The zero-order chi connectivity index (χ0) is 20.7. The van der Waals surface area contributed by atoms with Gasteiger partial charge in [0.25, 0.3) is 5.91 Å². The molecule has 0 radical (unpaired) electrons. The number of hydrogen-bond acceptors (Lipinski definition) is 5. The molecule has 0 heterocycles. The van der Waals surface area contributed by atoms with Crippen molar-refractivity contribution in [1.82, 2.24) is 10.9 Å². The van der Waals surface area contributed by atoms with E-state index in [2.05, 4.69) is 10.9 Å². The molecule has 0 saturated carbocycles. The fraction of sp³-hybridized carbons (Fsp3) is 0.300. The number of ether oxygens (including phenoxy) is 3. The molecule has 0 aliphatic heterocycles. The topological polar surface area (TPSA) is 85.9 Å². The Hall–Kier alpha value is -3.29. The molecule has 2 N–H and O–H groups in total. The minimum Gasteiger partial charge on any atom is -0.494 e. The third-order valence-corrected chi connectivity index (χ3v) is 3.68. The van der Waals surface area contributed by atoms with Crippen LogP contribution >= 0.6 is 0 Å². The Labute approximate surface area is 162 Å². The number of amides is 2. The van der Waals surface area contributed by atoms with Crippen molar-refractivity contribution < 1.29 is 28.2 Å². The Bertz CT molecular complexity index is 854. The first-order chi connectivity index (χ1) is 13.3. The van der Waals surface area contributed by atoms with Gasteiger partial charge in [-0.15, -0.1) is 0 Å². The standard InChI is InChI=1S/C20H23FN2O5/c1-12(2)28-17-8-6-14(11-18(17)27-4)20(25)23-22-19(24)10-13-5-7-16(26-3)15(21)9-13/h5-9,11-12H,10H2,1-4H3,(H,22,24)(H,23,25). The van der Waals surface area contributed by atoms with Crippen LogP contribution < -0.4 is 25.1 Å². The molecule has 150 valence electrons. The molecule has 0 aromatic heterocycles. The molecule has 0 saturated heterocycles. The second-order valence-electron chi connectivity index (χ2n) is 6.18. The lowest BCUT2D eigenvalue weighted by atomic mass is 10.1. The van der Waals surface area contributed by atoms with Gasteiger partial charge in [0, 0.05) is 5.56 Å². The summed E-state index contributed by atoms with van der Waals surface area (Å²) in [5, 5.41) is 0. The molecule has 0 aliphatic rings. The molecule has 0 spiro atoms. The average molecular weight is 390 g/mol. The van der Waals surface area contributed by atoms with Crippen LogP contribution in [0, 0.1) is 5.82 Å². The number of hydrogen-bond donors (Lipinski definition) is 2. The van der Waals surface area contributed by atoms with Crippen LogP contribution in [0.1, 0.15) is 29.8 Å². The van der Waals surface area contributed by atoms with E-state index in [1.54, 1.807) is 18.2 Å². The summed E-state index contributed by atoms with van der Waals surface area (Å²) in [5.74, 6) is -0.571. The predicted molar refractivity (Wildman–Crippen MR) is 101 cm³/mol. The Morgan fingerprint density at radius 2 is 1.64 bits per heavy atom. The Morgan fingerprint density at radius 3 is 2.25 bits per heavy atom. The third kappa shape index (κ3) is 5.60. The van der Waals surface area contributed by atoms with Crippen molar-refractivity contribution in [3.63, 3.8) is 0 Å². The van der Waals surface area contributed by atoms with Gasteiger partial charge >= 0.3 is 0 Å². The largest absolute Gasteiger partial charge is 0.494 e. The Kier molecular flexibility index (Phi) is 7.20. The number of halogens is 1. The maximum atomic E-state index is 13.7. The second kappa shape index (κ2) is 9.59. The molecule has 2 rings (SSSR count). The highest BCUT2D eigenvalue weighted by Gasteiger charge is 2.13. The molecule has 0 fully saturated rings. The van der Waals surface area contributed by atoms with Crippen molar-refractivity contribution in [3.05, 3.63) is 53.3 Å². The van der Waals surface area contributed by atoms with Gasteiger partial charge < -0.3 is 14.2 Å². The van der Waals surface area contributed by atoms with E-state index in [1.807, 2.05) is 13.8 Å². The molecule has 7 nitrogen and oxygen atoms in total. The maximum absolute atomic E-state index is 13.7. The third-order valence-electron chi connectivity index (χ3n) is 3.68. The molecular weight excluding hydrogens is 367 g/mol. The first kappa shape index (κ1) is 21.0. The van der Waals surface area contributed by atoms with Crippen molar-refractivity contribution >= 4 is 11.8 Å². The monoisotopic (exact) mass is 390 g/mol. The van der Waals surface area contributed by atoms with Crippen molar-refractivity contribution in [2.75, 3.05) is 14.2 Å². The highest BCUT2D eigenvalue weighted by molar-refractivity contribution is 5.96. The molecule has 0 aliphatic carbocycles. The summed E-state index contributed by atoms with van der Waals surface area (Å²) in [5.41, 5.74) is 5.34. The quantitative estimate of drug-likeness (QED) is 0.710. The molecule has 28 heavy (non-hydrogen) atoms. The summed E-state index contributed by atoms with van der Waals surface area (Å²) in [6.07, 6.45) is -0.151. The molecule has 8 heteroatoms. The highest BCUT2D eigenvalue weighted by Crippen LogP contribution is 2.28. The number of benzene rings is 2. The predicted octanol–water partition coefficient (Wildman–Crippen LogP) is 2.63. The molecule has 0 bridgehead atoms. The van der Waals surface area contributed by atoms with Crippen LogP contribution in [0.25, 0.3) is 0 Å². The molecule has 2 aromatic rings. The van der Waals surface area contributed by atoms with Gasteiger partial charge in [-0.05, 0) is 49.7 Å². The number of nitrogens with one attached hydrogen (secondary N) is 2. The van der Waals surface area contributed by atoms with Crippen LogP contribution in [0.3, 0.4) is 0 Å². The van der Waals surface area contributed by atoms with Crippen LogP contribution in [0.5, 0.6) is 17.2 Å². The summed E-state index contributed by atoms with van der Waals surface area (Å²) in [4.78, 5) is 24.2. The molecule has 0 atom stereocenters. The summed E-state index contributed by atoms with van der Waals surface area (Å²) >= 11 is 0. The lowest BCUT2D eigenvalue weighted by Crippen LogP contribution is -2.42. The minimum absolute atomic E-state index is 0.0457. The number of hydrazine groups is 1. The maximum Gasteiger partial charge on any atom is 0.269 e.